The average molecular weight is 391 g/mol. The lowest BCUT2D eigenvalue weighted by atomic mass is 9.95. The van der Waals surface area contributed by atoms with Gasteiger partial charge >= 0.3 is 11.8 Å². The van der Waals surface area contributed by atoms with E-state index in [4.69, 9.17) is 21.1 Å². The molecule has 7 nitrogen and oxygen atoms in total. The van der Waals surface area contributed by atoms with Gasteiger partial charge in [-0.25, -0.2) is 0 Å². The van der Waals surface area contributed by atoms with Crippen LogP contribution in [-0.2, 0) is 15.2 Å². The number of rotatable bonds is 4. The van der Waals surface area contributed by atoms with Gasteiger partial charge in [-0.05, 0) is 49.2 Å². The quantitative estimate of drug-likeness (QED) is 0.696. The lowest BCUT2D eigenvalue weighted by molar-refractivity contribution is -0.136. The molecule has 142 valence electrons. The van der Waals surface area contributed by atoms with Crippen molar-refractivity contribution in [2.24, 2.45) is 0 Å². The highest BCUT2D eigenvalue weighted by Crippen LogP contribution is 2.35. The van der Waals surface area contributed by atoms with Crippen LogP contribution in [0.15, 0.2) is 36.4 Å². The van der Waals surface area contributed by atoms with Gasteiger partial charge in [0.25, 0.3) is 0 Å². The van der Waals surface area contributed by atoms with Gasteiger partial charge in [-0.2, -0.15) is 0 Å². The summed E-state index contributed by atoms with van der Waals surface area (Å²) in [6.07, 6.45) is 0. The van der Waals surface area contributed by atoms with E-state index in [2.05, 4.69) is 10.6 Å². The van der Waals surface area contributed by atoms with Gasteiger partial charge in [0, 0.05) is 10.7 Å². The zero-order valence-electron chi connectivity index (χ0n) is 14.8. The van der Waals surface area contributed by atoms with Crippen LogP contribution >= 0.6 is 11.6 Å². The molecule has 1 heterocycles. The van der Waals surface area contributed by atoms with Crippen molar-refractivity contribution < 1.29 is 24.2 Å². The number of benzene rings is 2. The molecule has 0 saturated heterocycles. The average Bonchev–Trinajstić information content (AvgIpc) is 3.11. The van der Waals surface area contributed by atoms with Crippen LogP contribution in [0.1, 0.15) is 18.1 Å². The Labute approximate surface area is 161 Å². The van der Waals surface area contributed by atoms with Crippen LogP contribution in [0.2, 0.25) is 5.02 Å². The van der Waals surface area contributed by atoms with Gasteiger partial charge in [0.15, 0.2) is 11.5 Å². The normalized spacial score (nSPS) is 14.4. The summed E-state index contributed by atoms with van der Waals surface area (Å²) in [5.74, 6) is -0.597. The maximum atomic E-state index is 12.1. The predicted octanol–water partition coefficient (Wildman–Crippen LogP) is 2.34. The van der Waals surface area contributed by atoms with Crippen molar-refractivity contribution in [1.29, 1.82) is 0 Å². The van der Waals surface area contributed by atoms with E-state index >= 15 is 0 Å². The minimum Gasteiger partial charge on any atom is -0.454 e. The van der Waals surface area contributed by atoms with Gasteiger partial charge < -0.3 is 25.2 Å². The summed E-state index contributed by atoms with van der Waals surface area (Å²) in [5.41, 5.74) is 0.235. The summed E-state index contributed by atoms with van der Waals surface area (Å²) in [4.78, 5) is 24.2. The molecule has 0 saturated carbocycles. The number of hydrogen-bond donors (Lipinski definition) is 3. The highest BCUT2D eigenvalue weighted by Gasteiger charge is 2.28. The number of amides is 2. The topological polar surface area (TPSA) is 96.9 Å². The number of ether oxygens (including phenoxy) is 2. The van der Waals surface area contributed by atoms with Gasteiger partial charge in [0.05, 0.1) is 6.54 Å². The fraction of sp³-hybridized carbons (Fsp3) is 0.263. The van der Waals surface area contributed by atoms with Crippen LogP contribution in [0.4, 0.5) is 5.69 Å². The Morgan fingerprint density at radius 3 is 2.70 bits per heavy atom. The van der Waals surface area contributed by atoms with Crippen molar-refractivity contribution in [3.63, 3.8) is 0 Å². The molecule has 0 fully saturated rings. The first kappa shape index (κ1) is 19.0. The van der Waals surface area contributed by atoms with E-state index in [-0.39, 0.29) is 13.3 Å². The highest BCUT2D eigenvalue weighted by molar-refractivity contribution is 6.40. The Morgan fingerprint density at radius 1 is 1.19 bits per heavy atom. The monoisotopic (exact) mass is 390 g/mol. The van der Waals surface area contributed by atoms with Crippen molar-refractivity contribution in [3.8, 4) is 11.5 Å². The molecule has 1 aliphatic rings. The molecule has 2 aromatic carbocycles. The molecule has 0 bridgehead atoms. The van der Waals surface area contributed by atoms with E-state index in [9.17, 15) is 14.7 Å². The van der Waals surface area contributed by atoms with Crippen LogP contribution < -0.4 is 20.1 Å². The fourth-order valence-corrected chi connectivity index (χ4v) is 2.76. The van der Waals surface area contributed by atoms with Crippen LogP contribution in [0.25, 0.3) is 0 Å². The Morgan fingerprint density at radius 2 is 1.93 bits per heavy atom. The summed E-state index contributed by atoms with van der Waals surface area (Å²) in [7, 11) is 0. The lowest BCUT2D eigenvalue weighted by Gasteiger charge is -2.24. The predicted molar refractivity (Wildman–Crippen MR) is 100.0 cm³/mol. The van der Waals surface area contributed by atoms with E-state index in [1.807, 2.05) is 0 Å². The number of carbonyl (C=O) groups excluding carboxylic acids is 2. The van der Waals surface area contributed by atoms with E-state index in [1.165, 1.54) is 6.92 Å². The summed E-state index contributed by atoms with van der Waals surface area (Å²) in [5, 5.41) is 16.1. The van der Waals surface area contributed by atoms with Gasteiger partial charge in [-0.1, -0.05) is 23.7 Å². The van der Waals surface area contributed by atoms with Crippen molar-refractivity contribution >= 4 is 29.1 Å². The molecule has 8 heteroatoms. The maximum absolute atomic E-state index is 12.1. The van der Waals surface area contributed by atoms with E-state index in [0.29, 0.717) is 33.3 Å². The molecule has 0 radical (unpaired) electrons. The molecule has 0 aromatic heterocycles. The van der Waals surface area contributed by atoms with Crippen LogP contribution in [0.5, 0.6) is 11.5 Å². The Balaban J connectivity index is 1.62. The van der Waals surface area contributed by atoms with Gasteiger partial charge in [-0.3, -0.25) is 9.59 Å². The first-order valence-electron chi connectivity index (χ1n) is 8.25. The third-order valence-electron chi connectivity index (χ3n) is 4.31. The second kappa shape index (κ2) is 7.46. The third kappa shape index (κ3) is 4.15. The number of hydrogen-bond acceptors (Lipinski definition) is 5. The molecule has 1 unspecified atom stereocenters. The lowest BCUT2D eigenvalue weighted by Crippen LogP contribution is -2.43. The summed E-state index contributed by atoms with van der Waals surface area (Å²) in [6.45, 7) is 3.23. The zero-order valence-corrected chi connectivity index (χ0v) is 15.6. The van der Waals surface area contributed by atoms with Gasteiger partial charge in [0.2, 0.25) is 6.79 Å². The maximum Gasteiger partial charge on any atom is 0.313 e. The summed E-state index contributed by atoms with van der Waals surface area (Å²) < 4.78 is 10.5. The molecular weight excluding hydrogens is 372 g/mol. The van der Waals surface area contributed by atoms with Gasteiger partial charge in [0.1, 0.15) is 5.60 Å². The molecule has 1 aliphatic heterocycles. The van der Waals surface area contributed by atoms with Crippen LogP contribution in [0, 0.1) is 6.92 Å². The van der Waals surface area contributed by atoms with Crippen molar-refractivity contribution in [2.75, 3.05) is 18.7 Å². The number of fused-ring (bicyclic) bond motifs is 1. The minimum absolute atomic E-state index is 0.126. The van der Waals surface area contributed by atoms with Gasteiger partial charge in [-0.15, -0.1) is 0 Å². The molecule has 3 rings (SSSR count). The molecule has 3 N–H and O–H groups in total. The molecule has 2 amide bonds. The second-order valence-electron chi connectivity index (χ2n) is 6.39. The summed E-state index contributed by atoms with van der Waals surface area (Å²) in [6, 6.07) is 10.0. The first-order valence-corrected chi connectivity index (χ1v) is 8.62. The molecular formula is C19H19ClN2O5. The van der Waals surface area contributed by atoms with Crippen LogP contribution in [-0.4, -0.2) is 30.3 Å². The van der Waals surface area contributed by atoms with Crippen molar-refractivity contribution in [3.05, 3.63) is 52.5 Å². The minimum atomic E-state index is -1.40. The largest absolute Gasteiger partial charge is 0.454 e. The number of anilines is 1. The molecule has 2 aromatic rings. The fourth-order valence-electron chi connectivity index (χ4n) is 2.59. The number of aliphatic hydroxyl groups is 1. The zero-order chi connectivity index (χ0) is 19.6. The Kier molecular flexibility index (Phi) is 5.25. The van der Waals surface area contributed by atoms with Crippen molar-refractivity contribution in [2.45, 2.75) is 19.4 Å². The molecule has 1 atom stereocenters. The number of carbonyl (C=O) groups is 2. The molecule has 0 spiro atoms. The van der Waals surface area contributed by atoms with E-state index < -0.39 is 17.4 Å². The highest BCUT2D eigenvalue weighted by atomic mass is 35.5. The van der Waals surface area contributed by atoms with E-state index in [1.54, 1.807) is 43.3 Å². The third-order valence-corrected chi connectivity index (χ3v) is 4.72. The second-order valence-corrected chi connectivity index (χ2v) is 6.80. The van der Waals surface area contributed by atoms with Crippen LogP contribution in [0.3, 0.4) is 0 Å². The molecule has 0 aliphatic carbocycles. The smallest absolute Gasteiger partial charge is 0.313 e. The number of nitrogens with one attached hydrogen (secondary N) is 2. The summed E-state index contributed by atoms with van der Waals surface area (Å²) >= 11 is 6.00. The molecule has 27 heavy (non-hydrogen) atoms. The van der Waals surface area contributed by atoms with E-state index in [0.717, 1.165) is 0 Å². The first-order chi connectivity index (χ1) is 12.8. The standard InChI is InChI=1S/C19H19ClN2O5/c1-11-13(20)4-3-5-14(11)22-18(24)17(23)21-9-19(2,25)12-6-7-15-16(8-12)27-10-26-15/h3-8,25H,9-10H2,1-2H3,(H,21,23)(H,22,24). The van der Waals surface area contributed by atoms with Crippen molar-refractivity contribution in [1.82, 2.24) is 5.32 Å². The number of halogens is 1. The SMILES string of the molecule is Cc1c(Cl)cccc1NC(=O)C(=O)NCC(C)(O)c1ccc2c(c1)OCO2. The Hall–Kier alpha value is -2.77. The Bertz CT molecular complexity index is 898.